The second-order valence-corrected chi connectivity index (χ2v) is 4.90. The fourth-order valence-corrected chi connectivity index (χ4v) is 3.14. The van der Waals surface area contributed by atoms with E-state index in [1.54, 1.807) is 0 Å². The maximum absolute atomic E-state index is 5.77. The lowest BCUT2D eigenvalue weighted by atomic mass is 10.1. The molecular weight excluding hydrogens is 159 g/mol. The van der Waals surface area contributed by atoms with E-state index in [0.717, 1.165) is 28.0 Å². The predicted molar refractivity (Wildman–Crippen MR) is 46.5 cm³/mol. The van der Waals surface area contributed by atoms with Crippen LogP contribution in [0, 0.1) is 0 Å². The van der Waals surface area contributed by atoms with Gasteiger partial charge in [-0.25, -0.2) is 0 Å². The lowest BCUT2D eigenvalue weighted by Crippen LogP contribution is -2.34. The lowest BCUT2D eigenvalue weighted by Gasteiger charge is -2.31. The molecule has 0 radical (unpaired) electrons. The van der Waals surface area contributed by atoms with Gasteiger partial charge in [-0.15, -0.1) is 8.58 Å². The molecule has 2 heterocycles. The van der Waals surface area contributed by atoms with Crippen molar-refractivity contribution in [1.82, 2.24) is 0 Å². The van der Waals surface area contributed by atoms with Crippen molar-refractivity contribution in [1.29, 1.82) is 0 Å². The average molecular weight is 174 g/mol. The molecule has 2 aliphatic rings. The first-order valence-corrected chi connectivity index (χ1v) is 5.75. The van der Waals surface area contributed by atoms with Gasteiger partial charge >= 0.3 is 0 Å². The standard InChI is InChI=1S/C8H15O2P/c1-7-6-9-8(10-7)2-4-11-5-3-8/h7,11H,2-6H2,1H3. The summed E-state index contributed by atoms with van der Waals surface area (Å²) in [5.41, 5.74) is 0. The molecule has 64 valence electrons. The molecule has 2 aliphatic heterocycles. The van der Waals surface area contributed by atoms with Crippen LogP contribution in [0.3, 0.4) is 0 Å². The Balaban J connectivity index is 1.98. The summed E-state index contributed by atoms with van der Waals surface area (Å²) < 4.78 is 11.4. The number of hydrogen-bond acceptors (Lipinski definition) is 2. The monoisotopic (exact) mass is 174 g/mol. The third-order valence-electron chi connectivity index (χ3n) is 2.36. The minimum atomic E-state index is -0.148. The maximum Gasteiger partial charge on any atom is 0.169 e. The van der Waals surface area contributed by atoms with Crippen LogP contribution >= 0.6 is 8.58 Å². The zero-order valence-electron chi connectivity index (χ0n) is 6.93. The van der Waals surface area contributed by atoms with Gasteiger partial charge in [0, 0.05) is 12.8 Å². The highest BCUT2D eigenvalue weighted by Gasteiger charge is 2.40. The molecule has 0 amide bonds. The molecule has 11 heavy (non-hydrogen) atoms. The first-order chi connectivity index (χ1) is 5.31. The molecule has 1 spiro atoms. The Bertz CT molecular complexity index is 138. The van der Waals surface area contributed by atoms with Crippen LogP contribution in [-0.2, 0) is 9.47 Å². The van der Waals surface area contributed by atoms with Crippen LogP contribution in [0.1, 0.15) is 19.8 Å². The topological polar surface area (TPSA) is 18.5 Å². The summed E-state index contributed by atoms with van der Waals surface area (Å²) in [6.45, 7) is 2.88. The normalized spacial score (nSPS) is 47.2. The smallest absolute Gasteiger partial charge is 0.169 e. The third-order valence-corrected chi connectivity index (χ3v) is 3.57. The van der Waals surface area contributed by atoms with E-state index in [2.05, 4.69) is 6.92 Å². The van der Waals surface area contributed by atoms with E-state index >= 15 is 0 Å². The Morgan fingerprint density at radius 3 is 2.64 bits per heavy atom. The van der Waals surface area contributed by atoms with Crippen LogP contribution in [0.4, 0.5) is 0 Å². The van der Waals surface area contributed by atoms with Gasteiger partial charge < -0.3 is 9.47 Å². The van der Waals surface area contributed by atoms with Crippen LogP contribution in [0.25, 0.3) is 0 Å². The van der Waals surface area contributed by atoms with Gasteiger partial charge in [-0.2, -0.15) is 0 Å². The SMILES string of the molecule is CC1COC2(CCPCC2)O1. The fourth-order valence-electron chi connectivity index (χ4n) is 1.77. The van der Waals surface area contributed by atoms with Gasteiger partial charge in [0.15, 0.2) is 5.79 Å². The van der Waals surface area contributed by atoms with Crippen LogP contribution in [0.15, 0.2) is 0 Å². The van der Waals surface area contributed by atoms with Gasteiger partial charge in [0.2, 0.25) is 0 Å². The van der Waals surface area contributed by atoms with Crippen LogP contribution < -0.4 is 0 Å². The Hall–Kier alpha value is 0.350. The Morgan fingerprint density at radius 2 is 2.09 bits per heavy atom. The summed E-state index contributed by atoms with van der Waals surface area (Å²) in [6.07, 6.45) is 5.15. The average Bonchev–Trinajstić information content (AvgIpc) is 2.34. The van der Waals surface area contributed by atoms with Crippen molar-refractivity contribution in [2.24, 2.45) is 0 Å². The van der Waals surface area contributed by atoms with Gasteiger partial charge in [0.05, 0.1) is 12.7 Å². The molecule has 0 aromatic rings. The summed E-state index contributed by atoms with van der Waals surface area (Å²) in [5, 5.41) is 0. The van der Waals surface area contributed by atoms with Crippen LogP contribution in [0.5, 0.6) is 0 Å². The molecule has 0 aromatic carbocycles. The van der Waals surface area contributed by atoms with Gasteiger partial charge in [-0.05, 0) is 19.2 Å². The minimum Gasteiger partial charge on any atom is -0.347 e. The van der Waals surface area contributed by atoms with Crippen LogP contribution in [0.2, 0.25) is 0 Å². The third kappa shape index (κ3) is 1.58. The van der Waals surface area contributed by atoms with Gasteiger partial charge in [-0.3, -0.25) is 0 Å². The first-order valence-electron chi connectivity index (χ1n) is 4.33. The van der Waals surface area contributed by atoms with E-state index < -0.39 is 0 Å². The van der Waals surface area contributed by atoms with Crippen molar-refractivity contribution in [3.63, 3.8) is 0 Å². The molecule has 2 saturated heterocycles. The first kappa shape index (κ1) is 7.97. The van der Waals surface area contributed by atoms with Gasteiger partial charge in [0.1, 0.15) is 0 Å². The molecule has 1 unspecified atom stereocenters. The largest absolute Gasteiger partial charge is 0.347 e. The highest BCUT2D eigenvalue weighted by molar-refractivity contribution is 7.38. The zero-order valence-corrected chi connectivity index (χ0v) is 7.93. The second kappa shape index (κ2) is 3.01. The zero-order chi connectivity index (χ0) is 7.73. The molecule has 2 fully saturated rings. The Morgan fingerprint density at radius 1 is 1.36 bits per heavy atom. The predicted octanol–water partition coefficient (Wildman–Crippen LogP) is 1.59. The molecule has 2 nitrogen and oxygen atoms in total. The van der Waals surface area contributed by atoms with E-state index in [1.807, 2.05) is 0 Å². The molecule has 0 saturated carbocycles. The summed E-state index contributed by atoms with van der Waals surface area (Å²) >= 11 is 0. The van der Waals surface area contributed by atoms with Gasteiger partial charge in [0.25, 0.3) is 0 Å². The molecule has 3 heteroatoms. The molecular formula is C8H15O2P. The second-order valence-electron chi connectivity index (χ2n) is 3.40. The summed E-state index contributed by atoms with van der Waals surface area (Å²) in [7, 11) is 1.13. The molecule has 0 N–H and O–H groups in total. The van der Waals surface area contributed by atoms with E-state index in [4.69, 9.17) is 9.47 Å². The van der Waals surface area contributed by atoms with Gasteiger partial charge in [-0.1, -0.05) is 0 Å². The van der Waals surface area contributed by atoms with Crippen LogP contribution in [-0.4, -0.2) is 30.8 Å². The molecule has 0 aliphatic carbocycles. The number of hydrogen-bond donors (Lipinski definition) is 0. The van der Waals surface area contributed by atoms with E-state index in [0.29, 0.717) is 6.10 Å². The van der Waals surface area contributed by atoms with E-state index in [9.17, 15) is 0 Å². The summed E-state index contributed by atoms with van der Waals surface area (Å²) in [5.74, 6) is -0.148. The van der Waals surface area contributed by atoms with Crippen molar-refractivity contribution in [2.45, 2.75) is 31.7 Å². The number of rotatable bonds is 0. The van der Waals surface area contributed by atoms with Crippen molar-refractivity contribution in [3.8, 4) is 0 Å². The van der Waals surface area contributed by atoms with Crippen molar-refractivity contribution < 1.29 is 9.47 Å². The molecule has 0 aromatic heterocycles. The quantitative estimate of drug-likeness (QED) is 0.519. The Labute approximate surface area is 69.4 Å². The molecule has 2 rings (SSSR count). The molecule has 1 atom stereocenters. The van der Waals surface area contributed by atoms with Crippen molar-refractivity contribution in [2.75, 3.05) is 18.9 Å². The van der Waals surface area contributed by atoms with E-state index in [-0.39, 0.29) is 5.79 Å². The summed E-state index contributed by atoms with van der Waals surface area (Å²) in [6, 6.07) is 0. The maximum atomic E-state index is 5.77. The highest BCUT2D eigenvalue weighted by atomic mass is 31.1. The van der Waals surface area contributed by atoms with Crippen molar-refractivity contribution in [3.05, 3.63) is 0 Å². The van der Waals surface area contributed by atoms with Crippen molar-refractivity contribution >= 4 is 8.58 Å². The lowest BCUT2D eigenvalue weighted by molar-refractivity contribution is -0.170. The molecule has 0 bridgehead atoms. The minimum absolute atomic E-state index is 0.148. The summed E-state index contributed by atoms with van der Waals surface area (Å²) in [4.78, 5) is 0. The highest BCUT2D eigenvalue weighted by Crippen LogP contribution is 2.38. The Kier molecular flexibility index (Phi) is 2.18. The number of ether oxygens (including phenoxy) is 2. The van der Waals surface area contributed by atoms with E-state index in [1.165, 1.54) is 12.3 Å². The fraction of sp³-hybridized carbons (Fsp3) is 1.00.